The third-order valence-electron chi connectivity index (χ3n) is 1.21. The van der Waals surface area contributed by atoms with Crippen molar-refractivity contribution in [2.24, 2.45) is 0 Å². The summed E-state index contributed by atoms with van der Waals surface area (Å²) in [4.78, 5) is 0. The van der Waals surface area contributed by atoms with Crippen molar-refractivity contribution in [3.05, 3.63) is 29.8 Å². The zero-order valence-electron chi connectivity index (χ0n) is 5.29. The molecule has 9 heavy (non-hydrogen) atoms. The van der Waals surface area contributed by atoms with Crippen LogP contribution in [0.15, 0.2) is 24.3 Å². The molecule has 0 radical (unpaired) electrons. The fourth-order valence-corrected chi connectivity index (χ4v) is 2.70. The Bertz CT molecular complexity index is 203. The molecule has 0 spiro atoms. The zero-order valence-corrected chi connectivity index (χ0v) is 9.41. The Balaban J connectivity index is 3.01. The van der Waals surface area contributed by atoms with Crippen LogP contribution in [0.1, 0.15) is 5.56 Å². The fraction of sp³-hybridized carbons (Fsp3) is 0.143. The second-order valence-electron chi connectivity index (χ2n) is 2.03. The fourth-order valence-electron chi connectivity index (χ4n) is 0.645. The summed E-state index contributed by atoms with van der Waals surface area (Å²) < 4.78 is 1.42. The van der Waals surface area contributed by atoms with Gasteiger partial charge in [-0.3, -0.25) is 0 Å². The minimum absolute atomic E-state index is 0.733. The van der Waals surface area contributed by atoms with Gasteiger partial charge in [-0.25, -0.2) is 0 Å². The second kappa shape index (κ2) is 3.42. The van der Waals surface area contributed by atoms with Gasteiger partial charge in [0.1, 0.15) is 0 Å². The van der Waals surface area contributed by atoms with Crippen molar-refractivity contribution in [1.82, 2.24) is 0 Å². The number of aryl methyl sites for hydroxylation is 1. The minimum atomic E-state index is -0.733. The van der Waals surface area contributed by atoms with E-state index in [-0.39, 0.29) is 0 Å². The van der Waals surface area contributed by atoms with E-state index in [4.69, 9.17) is 9.29 Å². The molecule has 0 saturated carbocycles. The quantitative estimate of drug-likeness (QED) is 0.667. The van der Waals surface area contributed by atoms with Gasteiger partial charge >= 0.3 is 68.8 Å². The van der Waals surface area contributed by atoms with Crippen molar-refractivity contribution in [3.63, 3.8) is 0 Å². The summed E-state index contributed by atoms with van der Waals surface area (Å²) in [6.45, 7) is 2.10. The molecule has 1 aromatic rings. The third kappa shape index (κ3) is 2.14. The van der Waals surface area contributed by atoms with Gasteiger partial charge in [0.25, 0.3) is 0 Å². The van der Waals surface area contributed by atoms with Gasteiger partial charge in [-0.05, 0) is 0 Å². The van der Waals surface area contributed by atoms with Crippen molar-refractivity contribution in [3.8, 4) is 0 Å². The van der Waals surface area contributed by atoms with Crippen LogP contribution in [0.3, 0.4) is 0 Å². The van der Waals surface area contributed by atoms with Crippen LogP contribution in [0.4, 0.5) is 0 Å². The van der Waals surface area contributed by atoms with Crippen molar-refractivity contribution >= 4 is 32.1 Å². The van der Waals surface area contributed by atoms with E-state index in [1.807, 2.05) is 0 Å². The van der Waals surface area contributed by atoms with Crippen molar-refractivity contribution < 1.29 is 0 Å². The Labute approximate surface area is 68.7 Å². The second-order valence-corrected chi connectivity index (χ2v) is 6.19. The Morgan fingerprint density at radius 1 is 1.22 bits per heavy atom. The molecule has 0 aromatic heterocycles. The molecule has 0 atom stereocenters. The van der Waals surface area contributed by atoms with Gasteiger partial charge in [-0.2, -0.15) is 0 Å². The molecular weight excluding hydrogens is 235 g/mol. The maximum absolute atomic E-state index is 5.05. The van der Waals surface area contributed by atoms with Crippen LogP contribution < -0.4 is 3.58 Å². The molecule has 0 bridgehead atoms. The summed E-state index contributed by atoms with van der Waals surface area (Å²) in [7, 11) is 5.05. The van der Waals surface area contributed by atoms with Crippen molar-refractivity contribution in [1.29, 1.82) is 0 Å². The number of hydrogen-bond acceptors (Lipinski definition) is 1. The Kier molecular flexibility index (Phi) is 2.79. The molecule has 0 fully saturated rings. The van der Waals surface area contributed by atoms with Crippen LogP contribution in [0, 0.1) is 6.92 Å². The topological polar surface area (TPSA) is 0 Å². The van der Waals surface area contributed by atoms with Gasteiger partial charge in [0, 0.05) is 0 Å². The first-order valence-electron chi connectivity index (χ1n) is 2.85. The first-order valence-corrected chi connectivity index (χ1v) is 9.00. The van der Waals surface area contributed by atoms with Gasteiger partial charge in [0.15, 0.2) is 0 Å². The van der Waals surface area contributed by atoms with E-state index in [1.165, 1.54) is 9.14 Å². The Hall–Kier alpha value is 0.239. The standard InChI is InChI=1S/C7H7.S.Sn.H/c1-7-5-3-2-4-6-7;;;/h3-6H,1H3;;;. The zero-order chi connectivity index (χ0) is 6.69. The number of hydrogen-bond donors (Lipinski definition) is 0. The van der Waals surface area contributed by atoms with E-state index < -0.39 is 19.2 Å². The molecule has 0 nitrogen and oxygen atoms in total. The summed E-state index contributed by atoms with van der Waals surface area (Å²) in [5.41, 5.74) is 1.32. The van der Waals surface area contributed by atoms with Crippen LogP contribution in [0.5, 0.6) is 0 Å². The summed E-state index contributed by atoms with van der Waals surface area (Å²) in [5.74, 6) is 0. The Morgan fingerprint density at radius 2 is 1.78 bits per heavy atom. The molecular formula is C7H8SSn. The van der Waals surface area contributed by atoms with Crippen LogP contribution in [0.2, 0.25) is 0 Å². The van der Waals surface area contributed by atoms with Gasteiger partial charge in [0.05, 0.1) is 0 Å². The summed E-state index contributed by atoms with van der Waals surface area (Å²) in [6, 6.07) is 8.58. The van der Waals surface area contributed by atoms with E-state index in [0.717, 1.165) is 0 Å². The SMILES string of the molecule is Cc1cc[c]([SnH]=[S])cc1. The molecule has 0 aliphatic heterocycles. The molecule has 0 N–H and O–H groups in total. The molecule has 0 heterocycles. The van der Waals surface area contributed by atoms with E-state index in [9.17, 15) is 0 Å². The first kappa shape index (κ1) is 7.35. The van der Waals surface area contributed by atoms with E-state index in [2.05, 4.69) is 31.2 Å². The molecule has 1 aromatic carbocycles. The van der Waals surface area contributed by atoms with Crippen molar-refractivity contribution in [2.45, 2.75) is 6.92 Å². The predicted molar refractivity (Wildman–Crippen MR) is 45.6 cm³/mol. The monoisotopic (exact) mass is 244 g/mol. The van der Waals surface area contributed by atoms with E-state index in [0.29, 0.717) is 0 Å². The number of benzene rings is 1. The van der Waals surface area contributed by atoms with Crippen LogP contribution in [-0.4, -0.2) is 19.2 Å². The van der Waals surface area contributed by atoms with Gasteiger partial charge in [0.2, 0.25) is 0 Å². The molecule has 0 unspecified atom stereocenters. The number of rotatable bonds is 1. The molecule has 46 valence electrons. The van der Waals surface area contributed by atoms with Crippen LogP contribution >= 0.6 is 9.29 Å². The first-order chi connectivity index (χ1) is 4.33. The molecule has 1 rings (SSSR count). The molecule has 0 aliphatic rings. The third-order valence-corrected chi connectivity index (χ3v) is 4.91. The average molecular weight is 243 g/mol. The van der Waals surface area contributed by atoms with E-state index >= 15 is 0 Å². The molecule has 0 amide bonds. The van der Waals surface area contributed by atoms with Crippen molar-refractivity contribution in [2.75, 3.05) is 0 Å². The van der Waals surface area contributed by atoms with Gasteiger partial charge < -0.3 is 0 Å². The molecule has 2 heteroatoms. The molecule has 0 aliphatic carbocycles. The van der Waals surface area contributed by atoms with Gasteiger partial charge in [-0.15, -0.1) is 0 Å². The predicted octanol–water partition coefficient (Wildman–Crippen LogP) is 1.17. The van der Waals surface area contributed by atoms with Gasteiger partial charge in [-0.1, -0.05) is 0 Å². The Morgan fingerprint density at radius 3 is 2.22 bits per heavy atom. The normalized spacial score (nSPS) is 9.00. The maximum atomic E-state index is 5.05. The van der Waals surface area contributed by atoms with E-state index in [1.54, 1.807) is 0 Å². The molecule has 0 saturated heterocycles. The van der Waals surface area contributed by atoms with Crippen LogP contribution in [-0.2, 0) is 0 Å². The summed E-state index contributed by atoms with van der Waals surface area (Å²) in [5, 5.41) is 0. The average Bonchev–Trinajstić information content (AvgIpc) is 1.90. The summed E-state index contributed by atoms with van der Waals surface area (Å²) >= 11 is -0.733. The van der Waals surface area contributed by atoms with Crippen LogP contribution in [0.25, 0.3) is 0 Å². The summed E-state index contributed by atoms with van der Waals surface area (Å²) in [6.07, 6.45) is 0.